The summed E-state index contributed by atoms with van der Waals surface area (Å²) >= 11 is 11.8. The van der Waals surface area contributed by atoms with Crippen molar-refractivity contribution in [1.29, 1.82) is 0 Å². The fourth-order valence-corrected chi connectivity index (χ4v) is 1.95. The zero-order chi connectivity index (χ0) is 15.4. The summed E-state index contributed by atoms with van der Waals surface area (Å²) in [4.78, 5) is 22.5. The number of amides is 1. The quantitative estimate of drug-likeness (QED) is 0.884. The van der Waals surface area contributed by atoms with Gasteiger partial charge in [0.05, 0.1) is 28.7 Å². The lowest BCUT2D eigenvalue weighted by atomic mass is 10.3. The third-order valence-corrected chi connectivity index (χ3v) is 3.45. The van der Waals surface area contributed by atoms with Gasteiger partial charge in [-0.3, -0.25) is 14.3 Å². The number of carboxylic acids is 1. The van der Waals surface area contributed by atoms with Crippen molar-refractivity contribution in [2.45, 2.75) is 13.0 Å². The number of anilines is 1. The Morgan fingerprint density at radius 2 is 2.05 bits per heavy atom. The number of rotatable bonds is 5. The minimum absolute atomic E-state index is 0.0666. The molecule has 0 bridgehead atoms. The molecule has 2 N–H and O–H groups in total. The summed E-state index contributed by atoms with van der Waals surface area (Å²) in [6, 6.07) is 6.39. The van der Waals surface area contributed by atoms with E-state index in [0.29, 0.717) is 10.7 Å². The highest BCUT2D eigenvalue weighted by Gasteiger charge is 2.13. The number of aromatic nitrogens is 2. The lowest BCUT2D eigenvalue weighted by Crippen LogP contribution is -2.14. The van der Waals surface area contributed by atoms with Crippen LogP contribution in [-0.4, -0.2) is 26.8 Å². The standard InChI is InChI=1S/C13H11Cl2N3O3/c14-8-2-1-3-9(12(8)15)16-13(21)10-4-6-18(17-10)7-5-11(19)20/h1-4,6H,5,7H2,(H,16,21)(H,19,20). The molecule has 6 nitrogen and oxygen atoms in total. The van der Waals surface area contributed by atoms with Crippen molar-refractivity contribution in [3.63, 3.8) is 0 Å². The van der Waals surface area contributed by atoms with E-state index in [9.17, 15) is 9.59 Å². The fourth-order valence-electron chi connectivity index (χ4n) is 1.60. The zero-order valence-electron chi connectivity index (χ0n) is 10.7. The molecule has 0 unspecified atom stereocenters. The lowest BCUT2D eigenvalue weighted by Gasteiger charge is -2.06. The van der Waals surface area contributed by atoms with E-state index in [0.717, 1.165) is 0 Å². The average Bonchev–Trinajstić information content (AvgIpc) is 2.90. The second kappa shape index (κ2) is 6.60. The van der Waals surface area contributed by atoms with Crippen LogP contribution in [0.1, 0.15) is 16.9 Å². The van der Waals surface area contributed by atoms with E-state index < -0.39 is 11.9 Å². The zero-order valence-corrected chi connectivity index (χ0v) is 12.2. The number of halogens is 2. The molecular weight excluding hydrogens is 317 g/mol. The molecule has 0 spiro atoms. The van der Waals surface area contributed by atoms with Gasteiger partial charge in [-0.1, -0.05) is 29.3 Å². The van der Waals surface area contributed by atoms with E-state index in [1.807, 2.05) is 0 Å². The summed E-state index contributed by atoms with van der Waals surface area (Å²) in [5, 5.41) is 15.8. The van der Waals surface area contributed by atoms with E-state index in [4.69, 9.17) is 28.3 Å². The first-order chi connectivity index (χ1) is 9.97. The summed E-state index contributed by atoms with van der Waals surface area (Å²) < 4.78 is 1.39. The van der Waals surface area contributed by atoms with Crippen LogP contribution in [0, 0.1) is 0 Å². The average molecular weight is 328 g/mol. The van der Waals surface area contributed by atoms with Crippen LogP contribution in [0.5, 0.6) is 0 Å². The Morgan fingerprint density at radius 1 is 1.29 bits per heavy atom. The molecular formula is C13H11Cl2N3O3. The Labute approximate surface area is 130 Å². The smallest absolute Gasteiger partial charge is 0.305 e. The summed E-state index contributed by atoms with van der Waals surface area (Å²) in [6.07, 6.45) is 1.47. The van der Waals surface area contributed by atoms with Gasteiger partial charge in [0.1, 0.15) is 0 Å². The van der Waals surface area contributed by atoms with E-state index in [1.165, 1.54) is 16.9 Å². The third-order valence-electron chi connectivity index (χ3n) is 2.63. The summed E-state index contributed by atoms with van der Waals surface area (Å²) in [5.74, 6) is -1.38. The highest BCUT2D eigenvalue weighted by atomic mass is 35.5. The van der Waals surface area contributed by atoms with E-state index in [2.05, 4.69) is 10.4 Å². The maximum atomic E-state index is 12.0. The molecule has 0 aliphatic rings. The largest absolute Gasteiger partial charge is 0.481 e. The molecule has 21 heavy (non-hydrogen) atoms. The predicted octanol–water partition coefficient (Wildman–Crippen LogP) is 2.92. The maximum Gasteiger partial charge on any atom is 0.305 e. The van der Waals surface area contributed by atoms with Crippen LogP contribution in [0.25, 0.3) is 0 Å². The van der Waals surface area contributed by atoms with Crippen molar-refractivity contribution in [1.82, 2.24) is 9.78 Å². The van der Waals surface area contributed by atoms with Crippen molar-refractivity contribution in [3.05, 3.63) is 46.2 Å². The molecule has 0 aliphatic carbocycles. The number of nitrogens with one attached hydrogen (secondary N) is 1. The molecule has 0 saturated heterocycles. The SMILES string of the molecule is O=C(O)CCn1ccc(C(=O)Nc2cccc(Cl)c2Cl)n1. The second-order valence-electron chi connectivity index (χ2n) is 4.16. The Hall–Kier alpha value is -2.05. The number of benzene rings is 1. The van der Waals surface area contributed by atoms with Crippen LogP contribution in [-0.2, 0) is 11.3 Å². The van der Waals surface area contributed by atoms with Crippen molar-refractivity contribution in [2.24, 2.45) is 0 Å². The van der Waals surface area contributed by atoms with E-state index in [1.54, 1.807) is 18.2 Å². The van der Waals surface area contributed by atoms with Crippen LogP contribution in [0.2, 0.25) is 10.0 Å². The predicted molar refractivity (Wildman–Crippen MR) is 78.9 cm³/mol. The number of hydrogen-bond acceptors (Lipinski definition) is 3. The van der Waals surface area contributed by atoms with Gasteiger partial charge in [-0.2, -0.15) is 5.10 Å². The van der Waals surface area contributed by atoms with Crippen LogP contribution >= 0.6 is 23.2 Å². The van der Waals surface area contributed by atoms with Crippen LogP contribution in [0.3, 0.4) is 0 Å². The third kappa shape index (κ3) is 3.96. The highest BCUT2D eigenvalue weighted by molar-refractivity contribution is 6.44. The first-order valence-corrected chi connectivity index (χ1v) is 6.73. The Balaban J connectivity index is 2.07. The van der Waals surface area contributed by atoms with Gasteiger partial charge in [-0.15, -0.1) is 0 Å². The van der Waals surface area contributed by atoms with Gasteiger partial charge in [-0.05, 0) is 18.2 Å². The molecule has 1 aromatic carbocycles. The highest BCUT2D eigenvalue weighted by Crippen LogP contribution is 2.29. The van der Waals surface area contributed by atoms with Crippen LogP contribution < -0.4 is 5.32 Å². The number of hydrogen-bond donors (Lipinski definition) is 2. The number of aryl methyl sites for hydroxylation is 1. The first-order valence-electron chi connectivity index (χ1n) is 5.98. The molecule has 0 atom stereocenters. The van der Waals surface area contributed by atoms with Crippen LogP contribution in [0.15, 0.2) is 30.5 Å². The maximum absolute atomic E-state index is 12.0. The minimum Gasteiger partial charge on any atom is -0.481 e. The molecule has 8 heteroatoms. The Morgan fingerprint density at radius 3 is 2.76 bits per heavy atom. The van der Waals surface area contributed by atoms with Gasteiger partial charge in [0.15, 0.2) is 5.69 Å². The molecule has 1 heterocycles. The fraction of sp³-hybridized carbons (Fsp3) is 0.154. The van der Waals surface area contributed by atoms with Gasteiger partial charge >= 0.3 is 5.97 Å². The van der Waals surface area contributed by atoms with Gasteiger partial charge in [0.25, 0.3) is 5.91 Å². The number of aliphatic carboxylic acids is 1. The molecule has 0 fully saturated rings. The van der Waals surface area contributed by atoms with E-state index >= 15 is 0 Å². The number of carboxylic acid groups (broad SMARTS) is 1. The number of carbonyl (C=O) groups excluding carboxylic acids is 1. The van der Waals surface area contributed by atoms with Gasteiger partial charge < -0.3 is 10.4 Å². The molecule has 2 aromatic rings. The van der Waals surface area contributed by atoms with Crippen molar-refractivity contribution in [2.75, 3.05) is 5.32 Å². The minimum atomic E-state index is -0.929. The van der Waals surface area contributed by atoms with Gasteiger partial charge in [-0.25, -0.2) is 0 Å². The second-order valence-corrected chi connectivity index (χ2v) is 4.95. The molecule has 110 valence electrons. The van der Waals surface area contributed by atoms with Gasteiger partial charge in [0, 0.05) is 6.20 Å². The van der Waals surface area contributed by atoms with Crippen molar-refractivity contribution < 1.29 is 14.7 Å². The summed E-state index contributed by atoms with van der Waals surface area (Å²) in [5.41, 5.74) is 0.547. The molecule has 1 amide bonds. The molecule has 0 aliphatic heterocycles. The molecule has 0 saturated carbocycles. The Kier molecular flexibility index (Phi) is 4.82. The molecule has 2 rings (SSSR count). The normalized spacial score (nSPS) is 10.4. The van der Waals surface area contributed by atoms with Crippen molar-refractivity contribution >= 4 is 40.8 Å². The van der Waals surface area contributed by atoms with Gasteiger partial charge in [0.2, 0.25) is 0 Å². The molecule has 0 radical (unpaired) electrons. The van der Waals surface area contributed by atoms with E-state index in [-0.39, 0.29) is 23.7 Å². The summed E-state index contributed by atoms with van der Waals surface area (Å²) in [6.45, 7) is 0.195. The monoisotopic (exact) mass is 327 g/mol. The number of nitrogens with zero attached hydrogens (tertiary/aromatic N) is 2. The van der Waals surface area contributed by atoms with Crippen molar-refractivity contribution in [3.8, 4) is 0 Å². The molecule has 1 aromatic heterocycles. The lowest BCUT2D eigenvalue weighted by molar-refractivity contribution is -0.137. The van der Waals surface area contributed by atoms with Crippen LogP contribution in [0.4, 0.5) is 5.69 Å². The first kappa shape index (κ1) is 15.3. The topological polar surface area (TPSA) is 84.2 Å². The number of carbonyl (C=O) groups is 2. The summed E-state index contributed by atoms with van der Waals surface area (Å²) in [7, 11) is 0. The Bertz CT molecular complexity index is 685.